The first-order chi connectivity index (χ1) is 10.9. The predicted octanol–water partition coefficient (Wildman–Crippen LogP) is 2.83. The summed E-state index contributed by atoms with van der Waals surface area (Å²) >= 11 is 0. The third kappa shape index (κ3) is 3.69. The van der Waals surface area contributed by atoms with Crippen LogP contribution >= 0.6 is 0 Å². The second-order valence-corrected chi connectivity index (χ2v) is 5.65. The number of benzene rings is 1. The molecule has 1 atom stereocenters. The van der Waals surface area contributed by atoms with E-state index < -0.39 is 12.1 Å². The van der Waals surface area contributed by atoms with Gasteiger partial charge in [-0.15, -0.1) is 10.2 Å². The Hall–Kier alpha value is -1.96. The Morgan fingerprint density at radius 3 is 2.57 bits per heavy atom. The van der Waals surface area contributed by atoms with Crippen molar-refractivity contribution in [2.75, 3.05) is 0 Å². The van der Waals surface area contributed by atoms with Crippen LogP contribution in [0.4, 0.5) is 17.6 Å². The van der Waals surface area contributed by atoms with Gasteiger partial charge in [-0.05, 0) is 24.1 Å². The normalized spacial score (nSPS) is 18.0. The summed E-state index contributed by atoms with van der Waals surface area (Å²) in [5.41, 5.74) is 0.887. The number of fused-ring (bicyclic) bond motifs is 1. The lowest BCUT2D eigenvalue weighted by atomic mass is 9.99. The molecule has 0 amide bonds. The van der Waals surface area contributed by atoms with E-state index in [1.165, 1.54) is 12.1 Å². The number of halogens is 4. The van der Waals surface area contributed by atoms with Crippen LogP contribution in [0.2, 0.25) is 0 Å². The summed E-state index contributed by atoms with van der Waals surface area (Å²) in [6.07, 6.45) is -3.85. The van der Waals surface area contributed by atoms with Gasteiger partial charge in [0.25, 0.3) is 0 Å². The quantitative estimate of drug-likeness (QED) is 0.878. The van der Waals surface area contributed by atoms with Gasteiger partial charge in [0.15, 0.2) is 0 Å². The van der Waals surface area contributed by atoms with Crippen molar-refractivity contribution in [3.05, 3.63) is 47.3 Å². The Labute approximate surface area is 130 Å². The topological polar surface area (TPSA) is 42.7 Å². The molecule has 1 aromatic heterocycles. The number of hydrogen-bond donors (Lipinski definition) is 1. The van der Waals surface area contributed by atoms with Crippen LogP contribution in [0.3, 0.4) is 0 Å². The zero-order valence-corrected chi connectivity index (χ0v) is 12.3. The standard InChI is InChI=1S/C15H16F4N4/c16-12-4-1-10(2-5-12)7-20-8-14-22-21-13-6-3-11(9-23(13)14)15(17,18)19/h1-2,4-5,11,20H,3,6-9H2/t11-/m0/s1. The average Bonchev–Trinajstić information content (AvgIpc) is 2.91. The van der Waals surface area contributed by atoms with Crippen molar-refractivity contribution in [1.82, 2.24) is 20.1 Å². The van der Waals surface area contributed by atoms with E-state index in [4.69, 9.17) is 0 Å². The molecular formula is C15H16F4N4. The van der Waals surface area contributed by atoms with Gasteiger partial charge in [0, 0.05) is 19.5 Å². The molecule has 1 aromatic carbocycles. The number of aromatic nitrogens is 3. The van der Waals surface area contributed by atoms with Gasteiger partial charge in [-0.25, -0.2) is 4.39 Å². The monoisotopic (exact) mass is 328 g/mol. The van der Waals surface area contributed by atoms with Crippen LogP contribution in [0.15, 0.2) is 24.3 Å². The fourth-order valence-electron chi connectivity index (χ4n) is 2.70. The SMILES string of the molecule is Fc1ccc(CNCc2nnc3n2C[C@@H](C(F)(F)F)CC3)cc1. The van der Waals surface area contributed by atoms with Gasteiger partial charge in [-0.2, -0.15) is 13.2 Å². The van der Waals surface area contributed by atoms with Crippen molar-refractivity contribution in [2.24, 2.45) is 5.92 Å². The minimum Gasteiger partial charge on any atom is -0.313 e. The van der Waals surface area contributed by atoms with Crippen LogP contribution in [0.25, 0.3) is 0 Å². The van der Waals surface area contributed by atoms with Gasteiger partial charge in [-0.3, -0.25) is 0 Å². The summed E-state index contributed by atoms with van der Waals surface area (Å²) in [5.74, 6) is -0.555. The second-order valence-electron chi connectivity index (χ2n) is 5.65. The van der Waals surface area contributed by atoms with Crippen molar-refractivity contribution in [1.29, 1.82) is 0 Å². The van der Waals surface area contributed by atoms with Gasteiger partial charge in [0.05, 0.1) is 12.5 Å². The van der Waals surface area contributed by atoms with Gasteiger partial charge in [-0.1, -0.05) is 12.1 Å². The van der Waals surface area contributed by atoms with Crippen molar-refractivity contribution in [3.8, 4) is 0 Å². The third-order valence-electron chi connectivity index (χ3n) is 4.01. The van der Waals surface area contributed by atoms with Crippen LogP contribution in [0.5, 0.6) is 0 Å². The number of nitrogens with zero attached hydrogens (tertiary/aromatic N) is 3. The zero-order chi connectivity index (χ0) is 16.4. The molecule has 2 aromatic rings. The maximum Gasteiger partial charge on any atom is 0.393 e. The summed E-state index contributed by atoms with van der Waals surface area (Å²) in [7, 11) is 0. The van der Waals surface area contributed by atoms with Crippen LogP contribution in [-0.2, 0) is 26.1 Å². The van der Waals surface area contributed by atoms with E-state index in [1.807, 2.05) is 0 Å². The number of alkyl halides is 3. The highest BCUT2D eigenvalue weighted by Crippen LogP contribution is 2.34. The molecule has 0 spiro atoms. The van der Waals surface area contributed by atoms with Gasteiger partial charge < -0.3 is 9.88 Å². The fraction of sp³-hybridized carbons (Fsp3) is 0.467. The lowest BCUT2D eigenvalue weighted by molar-refractivity contribution is -0.182. The fourth-order valence-corrected chi connectivity index (χ4v) is 2.70. The number of nitrogens with one attached hydrogen (secondary N) is 1. The highest BCUT2D eigenvalue weighted by atomic mass is 19.4. The van der Waals surface area contributed by atoms with E-state index in [9.17, 15) is 17.6 Å². The Kier molecular flexibility index (Phi) is 4.34. The molecule has 0 unspecified atom stereocenters. The highest BCUT2D eigenvalue weighted by Gasteiger charge is 2.42. The van der Waals surface area contributed by atoms with Crippen molar-refractivity contribution in [3.63, 3.8) is 0 Å². The third-order valence-corrected chi connectivity index (χ3v) is 4.01. The first kappa shape index (κ1) is 15.9. The van der Waals surface area contributed by atoms with E-state index in [1.54, 1.807) is 16.7 Å². The lowest BCUT2D eigenvalue weighted by Gasteiger charge is -2.26. The van der Waals surface area contributed by atoms with Gasteiger partial charge >= 0.3 is 6.18 Å². The second kappa shape index (κ2) is 6.27. The summed E-state index contributed by atoms with van der Waals surface area (Å²) in [6, 6.07) is 6.04. The summed E-state index contributed by atoms with van der Waals surface area (Å²) < 4.78 is 53.0. The molecule has 3 rings (SSSR count). The molecule has 8 heteroatoms. The Balaban J connectivity index is 1.62. The van der Waals surface area contributed by atoms with Crippen molar-refractivity contribution in [2.45, 2.75) is 38.7 Å². The van der Waals surface area contributed by atoms with Crippen LogP contribution in [-0.4, -0.2) is 20.9 Å². The molecule has 0 saturated carbocycles. The maximum absolute atomic E-state index is 12.9. The van der Waals surface area contributed by atoms with Crippen LogP contribution < -0.4 is 5.32 Å². The van der Waals surface area contributed by atoms with E-state index in [0.29, 0.717) is 24.7 Å². The van der Waals surface area contributed by atoms with Gasteiger partial charge in [0.2, 0.25) is 0 Å². The van der Waals surface area contributed by atoms with E-state index in [-0.39, 0.29) is 25.2 Å². The molecule has 1 N–H and O–H groups in total. The minimum absolute atomic E-state index is 0.0602. The first-order valence-electron chi connectivity index (χ1n) is 7.36. The largest absolute Gasteiger partial charge is 0.393 e. The summed E-state index contributed by atoms with van der Waals surface area (Å²) in [6.45, 7) is 0.666. The molecule has 124 valence electrons. The molecule has 0 fully saturated rings. The maximum atomic E-state index is 12.9. The van der Waals surface area contributed by atoms with Crippen molar-refractivity contribution >= 4 is 0 Å². The molecule has 1 aliphatic rings. The van der Waals surface area contributed by atoms with E-state index >= 15 is 0 Å². The molecular weight excluding hydrogens is 312 g/mol. The number of hydrogen-bond acceptors (Lipinski definition) is 3. The first-order valence-corrected chi connectivity index (χ1v) is 7.36. The number of aryl methyl sites for hydroxylation is 1. The van der Waals surface area contributed by atoms with Crippen molar-refractivity contribution < 1.29 is 17.6 Å². The lowest BCUT2D eigenvalue weighted by Crippen LogP contribution is -2.33. The number of rotatable bonds is 4. The molecule has 0 aliphatic carbocycles. The minimum atomic E-state index is -4.19. The molecule has 1 aliphatic heterocycles. The molecule has 0 bridgehead atoms. The summed E-state index contributed by atoms with van der Waals surface area (Å²) in [5, 5.41) is 11.0. The van der Waals surface area contributed by atoms with Crippen LogP contribution in [0, 0.1) is 11.7 Å². The Bertz CT molecular complexity index is 663. The van der Waals surface area contributed by atoms with Gasteiger partial charge in [0.1, 0.15) is 17.5 Å². The average molecular weight is 328 g/mol. The molecule has 23 heavy (non-hydrogen) atoms. The zero-order valence-electron chi connectivity index (χ0n) is 12.3. The molecule has 2 heterocycles. The molecule has 0 saturated heterocycles. The smallest absolute Gasteiger partial charge is 0.313 e. The van der Waals surface area contributed by atoms with E-state index in [0.717, 1.165) is 5.56 Å². The van der Waals surface area contributed by atoms with E-state index in [2.05, 4.69) is 15.5 Å². The molecule has 0 radical (unpaired) electrons. The summed E-state index contributed by atoms with van der Waals surface area (Å²) in [4.78, 5) is 0. The predicted molar refractivity (Wildman–Crippen MR) is 74.8 cm³/mol. The Morgan fingerprint density at radius 2 is 1.87 bits per heavy atom. The highest BCUT2D eigenvalue weighted by molar-refractivity contribution is 5.15. The Morgan fingerprint density at radius 1 is 1.13 bits per heavy atom. The molecule has 4 nitrogen and oxygen atoms in total. The van der Waals surface area contributed by atoms with Crippen LogP contribution in [0.1, 0.15) is 23.6 Å².